The summed E-state index contributed by atoms with van der Waals surface area (Å²) < 4.78 is 42.7. The van der Waals surface area contributed by atoms with Gasteiger partial charge in [0.25, 0.3) is 0 Å². The van der Waals surface area contributed by atoms with E-state index in [1.165, 1.54) is 13.2 Å². The van der Waals surface area contributed by atoms with E-state index >= 15 is 0 Å². The lowest BCUT2D eigenvalue weighted by Gasteiger charge is -2.09. The molecule has 0 fully saturated rings. The number of hydrogen-bond acceptors (Lipinski definition) is 3. The molecule has 0 aliphatic heterocycles. The second-order valence-corrected chi connectivity index (χ2v) is 3.95. The van der Waals surface area contributed by atoms with E-state index in [1.807, 2.05) is 6.92 Å². The Kier molecular flexibility index (Phi) is 3.42. The van der Waals surface area contributed by atoms with Crippen molar-refractivity contribution < 1.29 is 17.9 Å². The van der Waals surface area contributed by atoms with Crippen molar-refractivity contribution in [3.05, 3.63) is 41.9 Å². The normalized spacial score (nSPS) is 11.4. The van der Waals surface area contributed by atoms with Gasteiger partial charge in [-0.15, -0.1) is 0 Å². The number of nitrogens with zero attached hydrogens (tertiary/aromatic N) is 2. The molecule has 0 aliphatic carbocycles. The summed E-state index contributed by atoms with van der Waals surface area (Å²) >= 11 is 0. The zero-order valence-electron chi connectivity index (χ0n) is 10.3. The molecule has 100 valence electrons. The van der Waals surface area contributed by atoms with Crippen LogP contribution >= 0.6 is 0 Å². The van der Waals surface area contributed by atoms with E-state index in [0.717, 1.165) is 11.8 Å². The molecule has 0 aliphatic rings. The molecule has 19 heavy (non-hydrogen) atoms. The molecule has 0 unspecified atom stereocenters. The molecular weight excluding hydrogens is 257 g/mol. The number of methoxy groups -OCH3 is 1. The van der Waals surface area contributed by atoms with Crippen molar-refractivity contribution in [2.45, 2.75) is 13.1 Å². The first-order valence-corrected chi connectivity index (χ1v) is 5.47. The first kappa shape index (κ1) is 13.3. The zero-order valence-corrected chi connectivity index (χ0v) is 10.3. The van der Waals surface area contributed by atoms with Crippen LogP contribution in [-0.4, -0.2) is 17.1 Å². The fourth-order valence-corrected chi connectivity index (χ4v) is 1.69. The molecule has 0 saturated carbocycles. The maximum absolute atomic E-state index is 12.5. The van der Waals surface area contributed by atoms with Gasteiger partial charge in [0.15, 0.2) is 0 Å². The van der Waals surface area contributed by atoms with Crippen LogP contribution in [0.1, 0.15) is 11.4 Å². The van der Waals surface area contributed by atoms with Crippen LogP contribution in [0.25, 0.3) is 11.3 Å². The van der Waals surface area contributed by atoms with Gasteiger partial charge in [-0.05, 0) is 36.8 Å². The Morgan fingerprint density at radius 3 is 2.47 bits per heavy atom. The lowest BCUT2D eigenvalue weighted by molar-refractivity contribution is -0.144. The molecule has 0 radical (unpaired) electrons. The van der Waals surface area contributed by atoms with Gasteiger partial charge in [0.05, 0.1) is 12.8 Å². The monoisotopic (exact) mass is 268 g/mol. The summed E-state index contributed by atoms with van der Waals surface area (Å²) in [5, 5.41) is 0. The third-order valence-corrected chi connectivity index (χ3v) is 2.60. The average Bonchev–Trinajstić information content (AvgIpc) is 2.38. The minimum atomic E-state index is -4.54. The fourth-order valence-electron chi connectivity index (χ4n) is 1.69. The number of benzene rings is 1. The number of aromatic nitrogens is 2. The third-order valence-electron chi connectivity index (χ3n) is 2.60. The average molecular weight is 268 g/mol. The molecule has 1 aromatic carbocycles. The standard InChI is InChI=1S/C13H11F3N2O/c1-8-7-9(3-4-11(8)19-2)10-5-6-17-12(18-10)13(14,15)16/h3-7H,1-2H3. The minimum absolute atomic E-state index is 0.230. The smallest absolute Gasteiger partial charge is 0.451 e. The number of halogens is 3. The van der Waals surface area contributed by atoms with Crippen molar-refractivity contribution >= 4 is 0 Å². The highest BCUT2D eigenvalue weighted by molar-refractivity contribution is 5.61. The van der Waals surface area contributed by atoms with Crippen molar-refractivity contribution in [3.8, 4) is 17.0 Å². The van der Waals surface area contributed by atoms with Gasteiger partial charge >= 0.3 is 6.18 Å². The van der Waals surface area contributed by atoms with Crippen molar-refractivity contribution in [1.29, 1.82) is 0 Å². The van der Waals surface area contributed by atoms with Gasteiger partial charge in [-0.3, -0.25) is 0 Å². The highest BCUT2D eigenvalue weighted by Gasteiger charge is 2.34. The lowest BCUT2D eigenvalue weighted by atomic mass is 10.1. The van der Waals surface area contributed by atoms with Crippen LogP contribution in [0.5, 0.6) is 5.75 Å². The summed E-state index contributed by atoms with van der Waals surface area (Å²) in [4.78, 5) is 6.77. The lowest BCUT2D eigenvalue weighted by Crippen LogP contribution is -2.10. The predicted molar refractivity (Wildman–Crippen MR) is 63.8 cm³/mol. The summed E-state index contributed by atoms with van der Waals surface area (Å²) in [5.41, 5.74) is 1.64. The van der Waals surface area contributed by atoms with Crippen LogP contribution in [0.3, 0.4) is 0 Å². The Hall–Kier alpha value is -2.11. The van der Waals surface area contributed by atoms with Gasteiger partial charge in [0, 0.05) is 11.8 Å². The van der Waals surface area contributed by atoms with Crippen molar-refractivity contribution in [2.24, 2.45) is 0 Å². The summed E-state index contributed by atoms with van der Waals surface area (Å²) in [6.45, 7) is 1.81. The second-order valence-electron chi connectivity index (χ2n) is 3.95. The van der Waals surface area contributed by atoms with Crippen LogP contribution in [0.2, 0.25) is 0 Å². The van der Waals surface area contributed by atoms with Gasteiger partial charge in [0.2, 0.25) is 5.82 Å². The topological polar surface area (TPSA) is 35.0 Å². The van der Waals surface area contributed by atoms with E-state index in [2.05, 4.69) is 9.97 Å². The Morgan fingerprint density at radius 2 is 1.89 bits per heavy atom. The van der Waals surface area contributed by atoms with Gasteiger partial charge in [-0.25, -0.2) is 9.97 Å². The Bertz CT molecular complexity index is 597. The highest BCUT2D eigenvalue weighted by atomic mass is 19.4. The van der Waals surface area contributed by atoms with Gasteiger partial charge in [-0.2, -0.15) is 13.2 Å². The molecule has 0 amide bonds. The maximum atomic E-state index is 12.5. The van der Waals surface area contributed by atoms with Gasteiger partial charge < -0.3 is 4.74 Å². The van der Waals surface area contributed by atoms with Crippen molar-refractivity contribution in [1.82, 2.24) is 9.97 Å². The van der Waals surface area contributed by atoms with E-state index in [1.54, 1.807) is 18.2 Å². The van der Waals surface area contributed by atoms with Crippen LogP contribution in [-0.2, 0) is 6.18 Å². The first-order valence-electron chi connectivity index (χ1n) is 5.47. The fraction of sp³-hybridized carbons (Fsp3) is 0.231. The van der Waals surface area contributed by atoms with E-state index in [0.29, 0.717) is 11.3 Å². The Morgan fingerprint density at radius 1 is 1.16 bits per heavy atom. The van der Waals surface area contributed by atoms with Crippen LogP contribution in [0.15, 0.2) is 30.5 Å². The molecule has 0 saturated heterocycles. The van der Waals surface area contributed by atoms with E-state index in [9.17, 15) is 13.2 Å². The molecule has 0 atom stereocenters. The SMILES string of the molecule is COc1ccc(-c2ccnc(C(F)(F)F)n2)cc1C. The molecule has 2 aromatic rings. The van der Waals surface area contributed by atoms with Crippen molar-refractivity contribution in [3.63, 3.8) is 0 Å². The Balaban J connectivity index is 2.45. The van der Waals surface area contributed by atoms with Crippen LogP contribution < -0.4 is 4.74 Å². The zero-order chi connectivity index (χ0) is 14.0. The predicted octanol–water partition coefficient (Wildman–Crippen LogP) is 3.48. The van der Waals surface area contributed by atoms with E-state index in [-0.39, 0.29) is 5.69 Å². The number of ether oxygens (including phenoxy) is 1. The Labute approximate surface area is 108 Å². The molecule has 2 rings (SSSR count). The molecule has 0 spiro atoms. The molecular formula is C13H11F3N2O. The third kappa shape index (κ3) is 2.83. The van der Waals surface area contributed by atoms with Crippen molar-refractivity contribution in [2.75, 3.05) is 7.11 Å². The highest BCUT2D eigenvalue weighted by Crippen LogP contribution is 2.29. The number of alkyl halides is 3. The molecule has 1 heterocycles. The summed E-state index contributed by atoms with van der Waals surface area (Å²) in [6, 6.07) is 6.52. The number of hydrogen-bond donors (Lipinski definition) is 0. The van der Waals surface area contributed by atoms with Gasteiger partial charge in [-0.1, -0.05) is 0 Å². The summed E-state index contributed by atoms with van der Waals surface area (Å²) in [5.74, 6) is -0.465. The summed E-state index contributed by atoms with van der Waals surface area (Å²) in [7, 11) is 1.54. The minimum Gasteiger partial charge on any atom is -0.496 e. The number of rotatable bonds is 2. The molecule has 0 bridgehead atoms. The largest absolute Gasteiger partial charge is 0.496 e. The van der Waals surface area contributed by atoms with Crippen LogP contribution in [0, 0.1) is 6.92 Å². The van der Waals surface area contributed by atoms with E-state index < -0.39 is 12.0 Å². The quantitative estimate of drug-likeness (QED) is 0.836. The summed E-state index contributed by atoms with van der Waals surface area (Å²) in [6.07, 6.45) is -3.44. The molecule has 0 N–H and O–H groups in total. The molecule has 1 aromatic heterocycles. The molecule has 3 nitrogen and oxygen atoms in total. The number of aryl methyl sites for hydroxylation is 1. The van der Waals surface area contributed by atoms with Crippen LogP contribution in [0.4, 0.5) is 13.2 Å². The first-order chi connectivity index (χ1) is 8.91. The second kappa shape index (κ2) is 4.87. The van der Waals surface area contributed by atoms with E-state index in [4.69, 9.17) is 4.74 Å². The van der Waals surface area contributed by atoms with Gasteiger partial charge in [0.1, 0.15) is 5.75 Å². The molecule has 6 heteroatoms. The maximum Gasteiger partial charge on any atom is 0.451 e.